The number of phenolic OH excluding ortho intramolecular Hbond substituents is 2. The fraction of sp³-hybridized carbons (Fsp3) is 0.571. The molecular weight excluding hydrogens is 228 g/mol. The van der Waals surface area contributed by atoms with Crippen LogP contribution in [-0.2, 0) is 0 Å². The van der Waals surface area contributed by atoms with E-state index in [2.05, 4.69) is 17.3 Å². The second-order valence-electron chi connectivity index (χ2n) is 5.15. The molecule has 0 aliphatic carbocycles. The highest BCUT2D eigenvalue weighted by Crippen LogP contribution is 2.28. The first-order valence-electron chi connectivity index (χ1n) is 6.53. The van der Waals surface area contributed by atoms with Gasteiger partial charge in [-0.15, -0.1) is 0 Å². The lowest BCUT2D eigenvalue weighted by Crippen LogP contribution is -2.36. The predicted molar refractivity (Wildman–Crippen MR) is 71.8 cm³/mol. The molecule has 1 aromatic carbocycles. The summed E-state index contributed by atoms with van der Waals surface area (Å²) < 4.78 is 0. The molecule has 4 heteroatoms. The molecule has 100 valence electrons. The smallest absolute Gasteiger partial charge is 0.120 e. The molecule has 2 unspecified atom stereocenters. The molecule has 3 N–H and O–H groups in total. The first kappa shape index (κ1) is 13.2. The number of benzene rings is 1. The van der Waals surface area contributed by atoms with Crippen LogP contribution in [0.1, 0.15) is 31.4 Å². The van der Waals surface area contributed by atoms with Crippen LogP contribution in [0.5, 0.6) is 11.5 Å². The van der Waals surface area contributed by atoms with Gasteiger partial charge in [0.1, 0.15) is 11.5 Å². The zero-order valence-electron chi connectivity index (χ0n) is 11.1. The van der Waals surface area contributed by atoms with Crippen molar-refractivity contribution in [3.05, 3.63) is 23.8 Å². The Morgan fingerprint density at radius 3 is 2.89 bits per heavy atom. The lowest BCUT2D eigenvalue weighted by Gasteiger charge is -2.23. The Balaban J connectivity index is 1.94. The molecular formula is C14H22N2O2. The first-order chi connectivity index (χ1) is 8.58. The van der Waals surface area contributed by atoms with E-state index < -0.39 is 0 Å². The third-order valence-electron chi connectivity index (χ3n) is 3.81. The van der Waals surface area contributed by atoms with Crippen LogP contribution < -0.4 is 5.32 Å². The summed E-state index contributed by atoms with van der Waals surface area (Å²) in [6.45, 7) is 4.08. The molecule has 1 fully saturated rings. The Bertz CT molecular complexity index is 409. The van der Waals surface area contributed by atoms with Crippen molar-refractivity contribution in [1.29, 1.82) is 0 Å². The standard InChI is InChI=1S/C14H22N2O2/c1-10(13-8-12(17)5-6-14(13)18)15-9-11-4-3-7-16(11)2/h5-6,8,10-11,15,17-18H,3-4,7,9H2,1-2H3. The number of nitrogens with one attached hydrogen (secondary N) is 1. The van der Waals surface area contributed by atoms with E-state index in [9.17, 15) is 10.2 Å². The van der Waals surface area contributed by atoms with Crippen molar-refractivity contribution in [3.8, 4) is 11.5 Å². The molecule has 1 saturated heterocycles. The molecule has 1 aromatic rings. The predicted octanol–water partition coefficient (Wildman–Crippen LogP) is 1.84. The zero-order chi connectivity index (χ0) is 13.1. The monoisotopic (exact) mass is 250 g/mol. The lowest BCUT2D eigenvalue weighted by atomic mass is 10.1. The third kappa shape index (κ3) is 2.94. The number of phenols is 2. The molecule has 0 spiro atoms. The van der Waals surface area contributed by atoms with Crippen molar-refractivity contribution in [2.24, 2.45) is 0 Å². The van der Waals surface area contributed by atoms with Gasteiger partial charge in [0.05, 0.1) is 0 Å². The van der Waals surface area contributed by atoms with E-state index in [4.69, 9.17) is 0 Å². The van der Waals surface area contributed by atoms with E-state index in [1.807, 2.05) is 6.92 Å². The summed E-state index contributed by atoms with van der Waals surface area (Å²) in [5.74, 6) is 0.419. The fourth-order valence-corrected chi connectivity index (χ4v) is 2.55. The molecule has 2 atom stereocenters. The number of rotatable bonds is 4. The Labute approximate surface area is 108 Å². The molecule has 2 rings (SSSR count). The van der Waals surface area contributed by atoms with Crippen LogP contribution in [0.2, 0.25) is 0 Å². The van der Waals surface area contributed by atoms with E-state index in [1.165, 1.54) is 25.0 Å². The van der Waals surface area contributed by atoms with Crippen molar-refractivity contribution in [2.45, 2.75) is 31.8 Å². The number of nitrogens with zero attached hydrogens (tertiary/aromatic N) is 1. The van der Waals surface area contributed by atoms with Crippen molar-refractivity contribution in [2.75, 3.05) is 20.1 Å². The lowest BCUT2D eigenvalue weighted by molar-refractivity contribution is 0.292. The minimum absolute atomic E-state index is 0.0334. The molecule has 0 saturated carbocycles. The molecule has 1 heterocycles. The maximum absolute atomic E-state index is 9.79. The number of aromatic hydroxyl groups is 2. The molecule has 4 nitrogen and oxygen atoms in total. The maximum Gasteiger partial charge on any atom is 0.120 e. The number of hydrogen-bond acceptors (Lipinski definition) is 4. The van der Waals surface area contributed by atoms with Crippen LogP contribution in [0.25, 0.3) is 0 Å². The van der Waals surface area contributed by atoms with E-state index >= 15 is 0 Å². The van der Waals surface area contributed by atoms with Gasteiger partial charge in [0.2, 0.25) is 0 Å². The van der Waals surface area contributed by atoms with E-state index in [-0.39, 0.29) is 17.5 Å². The summed E-state index contributed by atoms with van der Waals surface area (Å²) >= 11 is 0. The first-order valence-corrected chi connectivity index (χ1v) is 6.53. The molecule has 0 radical (unpaired) electrons. The van der Waals surface area contributed by atoms with Gasteiger partial charge >= 0.3 is 0 Å². The van der Waals surface area contributed by atoms with Gasteiger partial charge in [-0.1, -0.05) is 0 Å². The molecule has 0 aromatic heterocycles. The van der Waals surface area contributed by atoms with Gasteiger partial charge in [-0.25, -0.2) is 0 Å². The Morgan fingerprint density at radius 2 is 2.22 bits per heavy atom. The van der Waals surface area contributed by atoms with Gasteiger partial charge < -0.3 is 20.4 Å². The molecule has 0 amide bonds. The van der Waals surface area contributed by atoms with Gasteiger partial charge in [-0.3, -0.25) is 0 Å². The molecule has 1 aliphatic rings. The van der Waals surface area contributed by atoms with Gasteiger partial charge in [0, 0.05) is 24.2 Å². The maximum atomic E-state index is 9.79. The summed E-state index contributed by atoms with van der Waals surface area (Å²) in [7, 11) is 2.15. The number of hydrogen-bond donors (Lipinski definition) is 3. The summed E-state index contributed by atoms with van der Waals surface area (Å²) in [5, 5.41) is 22.7. The number of likely N-dealkylation sites (tertiary alicyclic amines) is 1. The van der Waals surface area contributed by atoms with Crippen LogP contribution in [0.15, 0.2) is 18.2 Å². The average molecular weight is 250 g/mol. The van der Waals surface area contributed by atoms with Gasteiger partial charge in [-0.2, -0.15) is 0 Å². The van der Waals surface area contributed by atoms with E-state index in [0.29, 0.717) is 6.04 Å². The molecule has 0 bridgehead atoms. The minimum Gasteiger partial charge on any atom is -0.508 e. The highest BCUT2D eigenvalue weighted by Gasteiger charge is 2.21. The summed E-state index contributed by atoms with van der Waals surface area (Å²) in [5.41, 5.74) is 0.746. The third-order valence-corrected chi connectivity index (χ3v) is 3.81. The topological polar surface area (TPSA) is 55.7 Å². The zero-order valence-corrected chi connectivity index (χ0v) is 11.1. The van der Waals surface area contributed by atoms with E-state index in [0.717, 1.165) is 18.7 Å². The second-order valence-corrected chi connectivity index (χ2v) is 5.15. The Kier molecular flexibility index (Phi) is 4.09. The summed E-state index contributed by atoms with van der Waals surface area (Å²) in [6.07, 6.45) is 2.48. The van der Waals surface area contributed by atoms with Gasteiger partial charge in [-0.05, 0) is 51.6 Å². The van der Waals surface area contributed by atoms with Gasteiger partial charge in [0.25, 0.3) is 0 Å². The summed E-state index contributed by atoms with van der Waals surface area (Å²) in [6, 6.07) is 5.25. The minimum atomic E-state index is 0.0334. The van der Waals surface area contributed by atoms with Crippen molar-refractivity contribution in [3.63, 3.8) is 0 Å². The molecule has 1 aliphatic heterocycles. The van der Waals surface area contributed by atoms with Crippen LogP contribution in [0.3, 0.4) is 0 Å². The van der Waals surface area contributed by atoms with Crippen LogP contribution in [0.4, 0.5) is 0 Å². The van der Waals surface area contributed by atoms with Crippen LogP contribution >= 0.6 is 0 Å². The Hall–Kier alpha value is -1.26. The van der Waals surface area contributed by atoms with Crippen molar-refractivity contribution < 1.29 is 10.2 Å². The number of likely N-dealkylation sites (N-methyl/N-ethyl adjacent to an activating group) is 1. The largest absolute Gasteiger partial charge is 0.508 e. The average Bonchev–Trinajstić information content (AvgIpc) is 2.75. The van der Waals surface area contributed by atoms with Crippen LogP contribution in [0, 0.1) is 0 Å². The van der Waals surface area contributed by atoms with E-state index in [1.54, 1.807) is 6.07 Å². The van der Waals surface area contributed by atoms with Crippen molar-refractivity contribution >= 4 is 0 Å². The summed E-state index contributed by atoms with van der Waals surface area (Å²) in [4.78, 5) is 2.36. The highest BCUT2D eigenvalue weighted by molar-refractivity contribution is 5.40. The normalized spacial score (nSPS) is 22.2. The molecule has 18 heavy (non-hydrogen) atoms. The quantitative estimate of drug-likeness (QED) is 0.714. The van der Waals surface area contributed by atoms with Crippen molar-refractivity contribution in [1.82, 2.24) is 10.2 Å². The fourth-order valence-electron chi connectivity index (χ4n) is 2.55. The van der Waals surface area contributed by atoms with Crippen LogP contribution in [-0.4, -0.2) is 41.3 Å². The second kappa shape index (κ2) is 5.59. The Morgan fingerprint density at radius 1 is 1.44 bits per heavy atom. The van der Waals surface area contributed by atoms with Gasteiger partial charge in [0.15, 0.2) is 0 Å². The SMILES string of the molecule is CC(NCC1CCCN1C)c1cc(O)ccc1O. The highest BCUT2D eigenvalue weighted by atomic mass is 16.3.